The Morgan fingerprint density at radius 3 is 2.19 bits per heavy atom. The Kier molecular flexibility index (Phi) is 4.50. The molecule has 0 radical (unpaired) electrons. The zero-order valence-corrected chi connectivity index (χ0v) is 10.8. The number of benzene rings is 1. The van der Waals surface area contributed by atoms with E-state index in [4.69, 9.17) is 0 Å². The molecule has 1 atom stereocenters. The molecule has 0 aliphatic carbocycles. The summed E-state index contributed by atoms with van der Waals surface area (Å²) < 4.78 is 25.4. The molecule has 1 rings (SSSR count). The highest BCUT2D eigenvalue weighted by Crippen LogP contribution is 2.14. The van der Waals surface area contributed by atoms with Crippen LogP contribution in [0.25, 0.3) is 0 Å². The van der Waals surface area contributed by atoms with E-state index in [9.17, 15) is 8.42 Å². The van der Waals surface area contributed by atoms with E-state index in [1.54, 1.807) is 6.92 Å². The zero-order valence-electron chi connectivity index (χ0n) is 10.0. The van der Waals surface area contributed by atoms with Crippen LogP contribution in [0.4, 0.5) is 0 Å². The van der Waals surface area contributed by atoms with Crippen molar-refractivity contribution < 1.29 is 8.42 Å². The molecule has 1 unspecified atom stereocenters. The van der Waals surface area contributed by atoms with Gasteiger partial charge in [-0.2, -0.15) is 0 Å². The number of hydrogen-bond donors (Lipinski definition) is 1. The topological polar surface area (TPSA) is 46.2 Å². The molecule has 0 fully saturated rings. The smallest absolute Gasteiger partial charge is 0.211 e. The van der Waals surface area contributed by atoms with Gasteiger partial charge in [0, 0.05) is 6.04 Å². The van der Waals surface area contributed by atoms with Gasteiger partial charge in [0.1, 0.15) is 0 Å². The maximum absolute atomic E-state index is 11.4. The summed E-state index contributed by atoms with van der Waals surface area (Å²) >= 11 is 0. The highest BCUT2D eigenvalue weighted by molar-refractivity contribution is 7.89. The summed E-state index contributed by atoms with van der Waals surface area (Å²) in [5.74, 6) is 0.115. The minimum absolute atomic E-state index is 0.115. The lowest BCUT2D eigenvalue weighted by atomic mass is 10.1. The van der Waals surface area contributed by atoms with Gasteiger partial charge in [-0.15, -0.1) is 0 Å². The van der Waals surface area contributed by atoms with Crippen LogP contribution in [0.15, 0.2) is 24.3 Å². The molecular formula is C12H19NO2S. The van der Waals surface area contributed by atoms with E-state index in [2.05, 4.69) is 11.6 Å². The van der Waals surface area contributed by atoms with Crippen LogP contribution in [-0.4, -0.2) is 14.2 Å². The molecule has 0 saturated heterocycles. The van der Waals surface area contributed by atoms with E-state index in [1.807, 2.05) is 31.2 Å². The quantitative estimate of drug-likeness (QED) is 0.859. The Hall–Kier alpha value is -0.870. The first-order valence-corrected chi connectivity index (χ1v) is 7.22. The van der Waals surface area contributed by atoms with Crippen LogP contribution in [0.1, 0.15) is 37.9 Å². The average Bonchev–Trinajstić information content (AvgIpc) is 2.28. The van der Waals surface area contributed by atoms with Crippen LogP contribution in [0.5, 0.6) is 0 Å². The predicted octanol–water partition coefficient (Wildman–Crippen LogP) is 2.25. The lowest BCUT2D eigenvalue weighted by Gasteiger charge is -2.14. The maximum atomic E-state index is 11.4. The van der Waals surface area contributed by atoms with E-state index in [-0.39, 0.29) is 11.8 Å². The largest absolute Gasteiger partial charge is 0.212 e. The minimum atomic E-state index is -3.13. The summed E-state index contributed by atoms with van der Waals surface area (Å²) in [5.41, 5.74) is 2.25. The van der Waals surface area contributed by atoms with Gasteiger partial charge in [0.05, 0.1) is 5.75 Å². The van der Waals surface area contributed by atoms with Crippen LogP contribution in [0.3, 0.4) is 0 Å². The van der Waals surface area contributed by atoms with Gasteiger partial charge in [-0.05, 0) is 31.4 Å². The van der Waals surface area contributed by atoms with Crippen LogP contribution < -0.4 is 4.72 Å². The average molecular weight is 241 g/mol. The second-order valence-corrected chi connectivity index (χ2v) is 5.88. The fourth-order valence-corrected chi connectivity index (χ4v) is 2.30. The van der Waals surface area contributed by atoms with Crippen molar-refractivity contribution in [1.29, 1.82) is 0 Å². The second kappa shape index (κ2) is 5.46. The Bertz CT molecular complexity index is 423. The van der Waals surface area contributed by atoms with E-state index >= 15 is 0 Å². The maximum Gasteiger partial charge on any atom is 0.211 e. The van der Waals surface area contributed by atoms with E-state index in [0.29, 0.717) is 0 Å². The number of hydrogen-bond acceptors (Lipinski definition) is 2. The fraction of sp³-hybridized carbons (Fsp3) is 0.500. The molecule has 4 heteroatoms. The first kappa shape index (κ1) is 13.2. The van der Waals surface area contributed by atoms with Crippen molar-refractivity contribution in [3.05, 3.63) is 35.4 Å². The fourth-order valence-electron chi connectivity index (χ4n) is 1.46. The van der Waals surface area contributed by atoms with Gasteiger partial charge < -0.3 is 0 Å². The third kappa shape index (κ3) is 3.61. The summed E-state index contributed by atoms with van der Waals surface area (Å²) in [5, 5.41) is 0. The first-order valence-electron chi connectivity index (χ1n) is 5.57. The Morgan fingerprint density at radius 2 is 1.75 bits per heavy atom. The van der Waals surface area contributed by atoms with Crippen molar-refractivity contribution in [3.8, 4) is 0 Å². The van der Waals surface area contributed by atoms with Crippen LogP contribution in [0.2, 0.25) is 0 Å². The molecular weight excluding hydrogens is 222 g/mol. The first-order chi connectivity index (χ1) is 7.48. The summed E-state index contributed by atoms with van der Waals surface area (Å²) in [6.45, 7) is 5.58. The van der Waals surface area contributed by atoms with Crippen molar-refractivity contribution in [3.63, 3.8) is 0 Å². The van der Waals surface area contributed by atoms with Crippen molar-refractivity contribution in [1.82, 2.24) is 4.72 Å². The number of rotatable bonds is 5. The van der Waals surface area contributed by atoms with E-state index < -0.39 is 10.0 Å². The molecule has 0 saturated carbocycles. The lowest BCUT2D eigenvalue weighted by Crippen LogP contribution is -2.28. The normalized spacial score (nSPS) is 13.7. The standard InChI is InChI=1S/C12H19NO2S/c1-4-11-6-8-12(9-7-11)10(3)13-16(14,15)5-2/h6-10,13H,4-5H2,1-3H3. The molecule has 0 spiro atoms. The molecule has 3 nitrogen and oxygen atoms in total. The second-order valence-electron chi connectivity index (χ2n) is 3.84. The highest BCUT2D eigenvalue weighted by Gasteiger charge is 2.13. The summed E-state index contributed by atoms with van der Waals surface area (Å²) in [6.07, 6.45) is 0.995. The number of sulfonamides is 1. The lowest BCUT2D eigenvalue weighted by molar-refractivity contribution is 0.568. The van der Waals surface area contributed by atoms with Crippen molar-refractivity contribution in [2.75, 3.05) is 5.75 Å². The van der Waals surface area contributed by atoms with Crippen LogP contribution in [-0.2, 0) is 16.4 Å². The van der Waals surface area contributed by atoms with Crippen molar-refractivity contribution in [2.45, 2.75) is 33.2 Å². The number of aryl methyl sites for hydroxylation is 1. The summed E-state index contributed by atoms with van der Waals surface area (Å²) in [4.78, 5) is 0. The highest BCUT2D eigenvalue weighted by atomic mass is 32.2. The molecule has 0 heterocycles. The van der Waals surface area contributed by atoms with Gasteiger partial charge in [-0.25, -0.2) is 13.1 Å². The molecule has 1 N–H and O–H groups in total. The van der Waals surface area contributed by atoms with E-state index in [1.165, 1.54) is 5.56 Å². The van der Waals surface area contributed by atoms with Gasteiger partial charge in [0.25, 0.3) is 0 Å². The molecule has 0 bridgehead atoms. The molecule has 1 aromatic rings. The van der Waals surface area contributed by atoms with Gasteiger partial charge >= 0.3 is 0 Å². The Balaban J connectivity index is 2.77. The predicted molar refractivity (Wildman–Crippen MR) is 66.8 cm³/mol. The van der Waals surface area contributed by atoms with Crippen LogP contribution in [0, 0.1) is 0 Å². The van der Waals surface area contributed by atoms with Crippen molar-refractivity contribution >= 4 is 10.0 Å². The molecule has 90 valence electrons. The number of nitrogens with one attached hydrogen (secondary N) is 1. The van der Waals surface area contributed by atoms with Gasteiger partial charge in [-0.1, -0.05) is 31.2 Å². The SMILES string of the molecule is CCc1ccc(C(C)NS(=O)(=O)CC)cc1. The van der Waals surface area contributed by atoms with Crippen LogP contribution >= 0.6 is 0 Å². The molecule has 0 aliphatic rings. The molecule has 0 aromatic heterocycles. The summed E-state index contributed by atoms with van der Waals surface area (Å²) in [7, 11) is -3.13. The van der Waals surface area contributed by atoms with Crippen molar-refractivity contribution in [2.24, 2.45) is 0 Å². The minimum Gasteiger partial charge on any atom is -0.212 e. The van der Waals surface area contributed by atoms with Gasteiger partial charge in [-0.3, -0.25) is 0 Å². The third-order valence-corrected chi connectivity index (χ3v) is 4.10. The zero-order chi connectivity index (χ0) is 12.2. The Morgan fingerprint density at radius 1 is 1.19 bits per heavy atom. The monoisotopic (exact) mass is 241 g/mol. The summed E-state index contributed by atoms with van der Waals surface area (Å²) in [6, 6.07) is 7.84. The van der Waals surface area contributed by atoms with Gasteiger partial charge in [0.15, 0.2) is 0 Å². The van der Waals surface area contributed by atoms with Gasteiger partial charge in [0.2, 0.25) is 10.0 Å². The molecule has 0 aliphatic heterocycles. The van der Waals surface area contributed by atoms with E-state index in [0.717, 1.165) is 12.0 Å². The molecule has 0 amide bonds. The Labute approximate surface area is 97.9 Å². The molecule has 1 aromatic carbocycles. The third-order valence-electron chi connectivity index (χ3n) is 2.62. The molecule has 16 heavy (non-hydrogen) atoms.